The summed E-state index contributed by atoms with van der Waals surface area (Å²) < 4.78 is 14.4. The quantitative estimate of drug-likeness (QED) is 0.536. The molecule has 0 aromatic heterocycles. The Morgan fingerprint density at radius 2 is 1.82 bits per heavy atom. The maximum Gasteiger partial charge on any atom is 0.269 e. The van der Waals surface area contributed by atoms with Crippen molar-refractivity contribution < 1.29 is 14.1 Å². The van der Waals surface area contributed by atoms with Gasteiger partial charge in [-0.3, -0.25) is 19.8 Å². The summed E-state index contributed by atoms with van der Waals surface area (Å²) in [6.07, 6.45) is 0.285. The second-order valence-electron chi connectivity index (χ2n) is 6.52. The number of hydrogen-bond acceptors (Lipinski definition) is 5. The zero-order chi connectivity index (χ0) is 20.1. The first-order valence-corrected chi connectivity index (χ1v) is 9.68. The van der Waals surface area contributed by atoms with Crippen LogP contribution in [0.25, 0.3) is 0 Å². The highest BCUT2D eigenvalue weighted by molar-refractivity contribution is 9.10. The first kappa shape index (κ1) is 20.2. The molecule has 1 saturated heterocycles. The van der Waals surface area contributed by atoms with Gasteiger partial charge < -0.3 is 10.2 Å². The van der Waals surface area contributed by atoms with Gasteiger partial charge >= 0.3 is 0 Å². The molecule has 0 bridgehead atoms. The van der Waals surface area contributed by atoms with Gasteiger partial charge in [0.05, 0.1) is 10.6 Å². The number of rotatable bonds is 6. The fourth-order valence-electron chi connectivity index (χ4n) is 3.08. The van der Waals surface area contributed by atoms with Crippen LogP contribution in [0.4, 0.5) is 21.5 Å². The van der Waals surface area contributed by atoms with Crippen molar-refractivity contribution in [3.05, 3.63) is 62.9 Å². The van der Waals surface area contributed by atoms with Crippen LogP contribution in [-0.4, -0.2) is 48.5 Å². The zero-order valence-electron chi connectivity index (χ0n) is 15.1. The molecular weight excluding hydrogens is 431 g/mol. The molecule has 1 N–H and O–H groups in total. The molecule has 0 atom stereocenters. The van der Waals surface area contributed by atoms with Gasteiger partial charge in [-0.2, -0.15) is 0 Å². The molecule has 7 nitrogen and oxygen atoms in total. The lowest BCUT2D eigenvalue weighted by Gasteiger charge is -2.36. The molecule has 1 heterocycles. The standard InChI is InChI=1S/C19H20BrFN4O3/c20-14-1-6-18(17(21)13-14)22-19(26)7-8-23-9-11-24(12-10-23)15-2-4-16(5-3-15)25(27)28/h1-6,13H,7-12H2,(H,22,26). The summed E-state index contributed by atoms with van der Waals surface area (Å²) in [5, 5.41) is 13.3. The van der Waals surface area contributed by atoms with Crippen LogP contribution >= 0.6 is 15.9 Å². The van der Waals surface area contributed by atoms with Gasteiger partial charge in [-0.1, -0.05) is 15.9 Å². The molecule has 1 amide bonds. The number of anilines is 2. The number of hydrogen-bond donors (Lipinski definition) is 1. The van der Waals surface area contributed by atoms with Gasteiger partial charge in [0.25, 0.3) is 5.69 Å². The third kappa shape index (κ3) is 5.26. The normalized spacial score (nSPS) is 14.7. The highest BCUT2D eigenvalue weighted by Gasteiger charge is 2.19. The third-order valence-corrected chi connectivity index (χ3v) is 5.15. The number of amides is 1. The molecule has 28 heavy (non-hydrogen) atoms. The van der Waals surface area contributed by atoms with Gasteiger partial charge in [-0.25, -0.2) is 4.39 Å². The molecule has 0 spiro atoms. The monoisotopic (exact) mass is 450 g/mol. The van der Waals surface area contributed by atoms with E-state index in [1.807, 2.05) is 0 Å². The number of carbonyl (C=O) groups excluding carboxylic acids is 1. The minimum atomic E-state index is -0.473. The van der Waals surface area contributed by atoms with Gasteiger partial charge in [-0.15, -0.1) is 0 Å². The Labute approximate surface area is 170 Å². The van der Waals surface area contributed by atoms with Crippen molar-refractivity contribution in [1.29, 1.82) is 0 Å². The van der Waals surface area contributed by atoms with Crippen molar-refractivity contribution >= 4 is 38.9 Å². The Kier molecular flexibility index (Phi) is 6.58. The predicted molar refractivity (Wildman–Crippen MR) is 109 cm³/mol. The van der Waals surface area contributed by atoms with Crippen LogP contribution in [0.3, 0.4) is 0 Å². The van der Waals surface area contributed by atoms with E-state index in [-0.39, 0.29) is 23.7 Å². The molecule has 1 aliphatic heterocycles. The number of nitro benzene ring substituents is 1. The molecule has 0 saturated carbocycles. The first-order chi connectivity index (χ1) is 13.4. The summed E-state index contributed by atoms with van der Waals surface area (Å²) in [5.41, 5.74) is 1.21. The van der Waals surface area contributed by atoms with E-state index in [2.05, 4.69) is 31.0 Å². The van der Waals surface area contributed by atoms with E-state index in [9.17, 15) is 19.3 Å². The van der Waals surface area contributed by atoms with Crippen molar-refractivity contribution in [1.82, 2.24) is 4.90 Å². The van der Waals surface area contributed by atoms with E-state index in [1.54, 1.807) is 18.2 Å². The molecule has 148 valence electrons. The molecule has 3 rings (SSSR count). The summed E-state index contributed by atoms with van der Waals surface area (Å²) in [7, 11) is 0. The lowest BCUT2D eigenvalue weighted by molar-refractivity contribution is -0.384. The van der Waals surface area contributed by atoms with Gasteiger partial charge in [0.15, 0.2) is 0 Å². The van der Waals surface area contributed by atoms with Crippen molar-refractivity contribution in [2.45, 2.75) is 6.42 Å². The zero-order valence-corrected chi connectivity index (χ0v) is 16.7. The SMILES string of the molecule is O=C(CCN1CCN(c2ccc([N+](=O)[O-])cc2)CC1)Nc1ccc(Br)cc1F. The average molecular weight is 451 g/mol. The first-order valence-electron chi connectivity index (χ1n) is 8.89. The van der Waals surface area contributed by atoms with E-state index in [4.69, 9.17) is 0 Å². The van der Waals surface area contributed by atoms with Crippen LogP contribution < -0.4 is 10.2 Å². The van der Waals surface area contributed by atoms with Gasteiger partial charge in [-0.05, 0) is 30.3 Å². The Morgan fingerprint density at radius 3 is 2.43 bits per heavy atom. The third-order valence-electron chi connectivity index (χ3n) is 4.66. The fourth-order valence-corrected chi connectivity index (χ4v) is 3.41. The minimum absolute atomic E-state index is 0.0793. The van der Waals surface area contributed by atoms with E-state index < -0.39 is 10.7 Å². The summed E-state index contributed by atoms with van der Waals surface area (Å²) in [5.74, 6) is -0.696. The Hall–Kier alpha value is -2.52. The second kappa shape index (κ2) is 9.11. The number of non-ortho nitro benzene ring substituents is 1. The number of nitro groups is 1. The van der Waals surface area contributed by atoms with Crippen molar-refractivity contribution in [3.8, 4) is 0 Å². The smallest absolute Gasteiger partial charge is 0.269 e. The second-order valence-corrected chi connectivity index (χ2v) is 7.44. The molecule has 2 aromatic rings. The fraction of sp³-hybridized carbons (Fsp3) is 0.316. The van der Waals surface area contributed by atoms with E-state index in [0.29, 0.717) is 11.0 Å². The highest BCUT2D eigenvalue weighted by atomic mass is 79.9. The predicted octanol–water partition coefficient (Wildman–Crippen LogP) is 3.65. The summed E-state index contributed by atoms with van der Waals surface area (Å²) >= 11 is 3.18. The molecule has 0 unspecified atom stereocenters. The lowest BCUT2D eigenvalue weighted by atomic mass is 10.2. The van der Waals surface area contributed by atoms with E-state index in [0.717, 1.165) is 31.9 Å². The van der Waals surface area contributed by atoms with Crippen molar-refractivity contribution in [2.75, 3.05) is 42.9 Å². The number of nitrogens with zero attached hydrogens (tertiary/aromatic N) is 3. The number of piperazine rings is 1. The molecule has 1 fully saturated rings. The van der Waals surface area contributed by atoms with Crippen LogP contribution in [0, 0.1) is 15.9 Å². The Bertz CT molecular complexity index is 855. The maximum absolute atomic E-state index is 13.8. The van der Waals surface area contributed by atoms with Crippen molar-refractivity contribution in [2.24, 2.45) is 0 Å². The van der Waals surface area contributed by atoms with Crippen molar-refractivity contribution in [3.63, 3.8) is 0 Å². The number of carbonyl (C=O) groups is 1. The van der Waals surface area contributed by atoms with Crippen LogP contribution in [0.1, 0.15) is 6.42 Å². The minimum Gasteiger partial charge on any atom is -0.369 e. The molecule has 2 aromatic carbocycles. The molecule has 0 radical (unpaired) electrons. The number of halogens is 2. The van der Waals surface area contributed by atoms with Crippen LogP contribution in [0.15, 0.2) is 46.9 Å². The maximum atomic E-state index is 13.8. The largest absolute Gasteiger partial charge is 0.369 e. The topological polar surface area (TPSA) is 78.7 Å². The summed E-state index contributed by atoms with van der Waals surface area (Å²) in [6, 6.07) is 11.0. The van der Waals surface area contributed by atoms with Gasteiger partial charge in [0, 0.05) is 61.4 Å². The summed E-state index contributed by atoms with van der Waals surface area (Å²) in [6.45, 7) is 3.73. The average Bonchev–Trinajstić information content (AvgIpc) is 2.69. The van der Waals surface area contributed by atoms with Crippen LogP contribution in [-0.2, 0) is 4.79 Å². The molecule has 9 heteroatoms. The summed E-state index contributed by atoms with van der Waals surface area (Å²) in [4.78, 5) is 26.8. The lowest BCUT2D eigenvalue weighted by Crippen LogP contribution is -2.47. The van der Waals surface area contributed by atoms with E-state index >= 15 is 0 Å². The van der Waals surface area contributed by atoms with Crippen LogP contribution in [0.5, 0.6) is 0 Å². The highest BCUT2D eigenvalue weighted by Crippen LogP contribution is 2.21. The Morgan fingerprint density at radius 1 is 1.14 bits per heavy atom. The molecular formula is C19H20BrFN4O3. The molecule has 1 aliphatic rings. The van der Waals surface area contributed by atoms with E-state index in [1.165, 1.54) is 24.3 Å². The van der Waals surface area contributed by atoms with Gasteiger partial charge in [0.1, 0.15) is 5.82 Å². The van der Waals surface area contributed by atoms with Gasteiger partial charge in [0.2, 0.25) is 5.91 Å². The molecule has 0 aliphatic carbocycles. The van der Waals surface area contributed by atoms with Crippen LogP contribution in [0.2, 0.25) is 0 Å². The number of nitrogens with one attached hydrogen (secondary N) is 1. The Balaban J connectivity index is 1.44. The number of benzene rings is 2.